The maximum Gasteiger partial charge on any atom is 0.252 e. The van der Waals surface area contributed by atoms with Crippen LogP contribution >= 0.6 is 22.9 Å². The van der Waals surface area contributed by atoms with E-state index in [-0.39, 0.29) is 10.3 Å². The maximum absolute atomic E-state index is 12.7. The molecule has 0 spiro atoms. The molecular formula is C15H16ClNO3S2. The summed E-state index contributed by atoms with van der Waals surface area (Å²) in [5, 5.41) is 0. The first kappa shape index (κ1) is 16.0. The number of nitrogens with zero attached hydrogens (tertiary/aromatic N) is 1. The number of hydrogen-bond donors (Lipinski definition) is 0. The quantitative estimate of drug-likeness (QED) is 0.845. The molecule has 22 heavy (non-hydrogen) atoms. The Morgan fingerprint density at radius 3 is 2.59 bits per heavy atom. The molecule has 0 aliphatic carbocycles. The van der Waals surface area contributed by atoms with Crippen LogP contribution in [0.25, 0.3) is 0 Å². The summed E-state index contributed by atoms with van der Waals surface area (Å²) in [6, 6.07) is 11.1. The van der Waals surface area contributed by atoms with Gasteiger partial charge >= 0.3 is 0 Å². The van der Waals surface area contributed by atoms with Crippen LogP contribution in [-0.4, -0.2) is 32.4 Å². The molecule has 0 N–H and O–H groups in total. The maximum atomic E-state index is 12.7. The second-order valence-corrected chi connectivity index (χ2v) is 9.07. The van der Waals surface area contributed by atoms with Crippen molar-refractivity contribution in [2.45, 2.75) is 17.2 Å². The van der Waals surface area contributed by atoms with Crippen molar-refractivity contribution in [2.24, 2.45) is 0 Å². The molecule has 1 atom stereocenters. The smallest absolute Gasteiger partial charge is 0.252 e. The van der Waals surface area contributed by atoms with E-state index in [9.17, 15) is 8.42 Å². The third-order valence-electron chi connectivity index (χ3n) is 3.62. The molecule has 2 aromatic rings. The number of rotatable bonds is 3. The van der Waals surface area contributed by atoms with E-state index < -0.39 is 10.0 Å². The van der Waals surface area contributed by atoms with Crippen molar-refractivity contribution in [3.63, 3.8) is 0 Å². The summed E-state index contributed by atoms with van der Waals surface area (Å²) in [6.45, 7) is 3.08. The van der Waals surface area contributed by atoms with Gasteiger partial charge in [-0.1, -0.05) is 41.4 Å². The molecule has 1 aliphatic heterocycles. The Morgan fingerprint density at radius 2 is 1.95 bits per heavy atom. The highest BCUT2D eigenvalue weighted by Gasteiger charge is 2.32. The van der Waals surface area contributed by atoms with E-state index in [4.69, 9.17) is 16.3 Å². The number of aryl methyl sites for hydroxylation is 1. The number of hydrogen-bond acceptors (Lipinski definition) is 4. The summed E-state index contributed by atoms with van der Waals surface area (Å²) in [7, 11) is -3.50. The highest BCUT2D eigenvalue weighted by molar-refractivity contribution is 7.91. The molecule has 118 valence electrons. The second kappa shape index (κ2) is 6.29. The first-order valence-electron chi connectivity index (χ1n) is 6.90. The van der Waals surface area contributed by atoms with Crippen LogP contribution < -0.4 is 0 Å². The number of morpholine rings is 1. The lowest BCUT2D eigenvalue weighted by Gasteiger charge is -2.32. The van der Waals surface area contributed by atoms with Crippen LogP contribution in [0.15, 0.2) is 40.6 Å². The molecule has 0 amide bonds. The van der Waals surface area contributed by atoms with Crippen LogP contribution in [0.4, 0.5) is 0 Å². The molecule has 1 aliphatic rings. The largest absolute Gasteiger partial charge is 0.371 e. The van der Waals surface area contributed by atoms with Gasteiger partial charge in [0.1, 0.15) is 4.21 Å². The molecular weight excluding hydrogens is 342 g/mol. The van der Waals surface area contributed by atoms with Crippen LogP contribution in [0, 0.1) is 6.92 Å². The van der Waals surface area contributed by atoms with E-state index >= 15 is 0 Å². The van der Waals surface area contributed by atoms with Gasteiger partial charge in [-0.15, -0.1) is 11.3 Å². The van der Waals surface area contributed by atoms with Crippen molar-refractivity contribution >= 4 is 33.0 Å². The molecule has 1 aromatic carbocycles. The molecule has 1 saturated heterocycles. The van der Waals surface area contributed by atoms with E-state index in [2.05, 4.69) is 0 Å². The van der Waals surface area contributed by atoms with Gasteiger partial charge in [0, 0.05) is 13.1 Å². The van der Waals surface area contributed by atoms with Crippen molar-refractivity contribution in [2.75, 3.05) is 19.7 Å². The monoisotopic (exact) mass is 357 g/mol. The van der Waals surface area contributed by atoms with Crippen molar-refractivity contribution in [1.82, 2.24) is 4.31 Å². The Bertz CT molecular complexity index is 755. The Kier molecular flexibility index (Phi) is 4.56. The van der Waals surface area contributed by atoms with Crippen LogP contribution in [0.2, 0.25) is 4.34 Å². The summed E-state index contributed by atoms with van der Waals surface area (Å²) in [4.78, 5) is 0. The van der Waals surface area contributed by atoms with E-state index in [1.807, 2.05) is 31.2 Å². The van der Waals surface area contributed by atoms with Crippen LogP contribution in [0.5, 0.6) is 0 Å². The fourth-order valence-electron chi connectivity index (χ4n) is 2.39. The van der Waals surface area contributed by atoms with Crippen molar-refractivity contribution in [1.29, 1.82) is 0 Å². The first-order chi connectivity index (χ1) is 10.5. The fraction of sp³-hybridized carbons (Fsp3) is 0.333. The zero-order valence-corrected chi connectivity index (χ0v) is 14.4. The summed E-state index contributed by atoms with van der Waals surface area (Å²) in [6.07, 6.45) is -0.237. The Morgan fingerprint density at radius 1 is 1.23 bits per heavy atom. The number of benzene rings is 1. The lowest BCUT2D eigenvalue weighted by molar-refractivity contribution is -0.00250. The summed E-state index contributed by atoms with van der Waals surface area (Å²) in [5.74, 6) is 0. The molecule has 1 unspecified atom stereocenters. The van der Waals surface area contributed by atoms with Crippen molar-refractivity contribution in [3.8, 4) is 0 Å². The zero-order valence-electron chi connectivity index (χ0n) is 12.0. The van der Waals surface area contributed by atoms with Gasteiger partial charge < -0.3 is 4.74 Å². The third-order valence-corrected chi connectivity index (χ3v) is 7.18. The molecule has 2 heterocycles. The van der Waals surface area contributed by atoms with Gasteiger partial charge in [-0.25, -0.2) is 8.42 Å². The van der Waals surface area contributed by atoms with Crippen molar-refractivity contribution in [3.05, 3.63) is 51.9 Å². The predicted molar refractivity (Wildman–Crippen MR) is 88.0 cm³/mol. The number of ether oxygens (including phenoxy) is 1. The average molecular weight is 358 g/mol. The summed E-state index contributed by atoms with van der Waals surface area (Å²) in [5.41, 5.74) is 2.16. The number of thiophene rings is 1. The van der Waals surface area contributed by atoms with Crippen molar-refractivity contribution < 1.29 is 13.2 Å². The molecule has 0 saturated carbocycles. The van der Waals surface area contributed by atoms with E-state index in [1.54, 1.807) is 12.1 Å². The molecule has 4 nitrogen and oxygen atoms in total. The van der Waals surface area contributed by atoms with Gasteiger partial charge in [0.25, 0.3) is 10.0 Å². The summed E-state index contributed by atoms with van der Waals surface area (Å²) < 4.78 is 33.3. The SMILES string of the molecule is Cc1ccc(C2CN(S(=O)(=O)c3ccc(Cl)s3)CCO2)cc1. The van der Waals surface area contributed by atoms with E-state index in [0.29, 0.717) is 24.0 Å². The Balaban J connectivity index is 1.82. The van der Waals surface area contributed by atoms with Crippen LogP contribution in [0.3, 0.4) is 0 Å². The van der Waals surface area contributed by atoms with Gasteiger partial charge in [0.05, 0.1) is 17.0 Å². The lowest BCUT2D eigenvalue weighted by Crippen LogP contribution is -2.41. The normalized spacial score (nSPS) is 20.2. The molecule has 1 aromatic heterocycles. The summed E-state index contributed by atoms with van der Waals surface area (Å²) >= 11 is 6.94. The fourth-order valence-corrected chi connectivity index (χ4v) is 5.45. The van der Waals surface area contributed by atoms with Gasteiger partial charge in [0.2, 0.25) is 0 Å². The number of halogens is 1. The minimum Gasteiger partial charge on any atom is -0.371 e. The minimum absolute atomic E-state index is 0.237. The first-order valence-corrected chi connectivity index (χ1v) is 9.54. The highest BCUT2D eigenvalue weighted by atomic mass is 35.5. The van der Waals surface area contributed by atoms with E-state index in [1.165, 1.54) is 4.31 Å². The van der Waals surface area contributed by atoms with Crippen LogP contribution in [0.1, 0.15) is 17.2 Å². The standard InChI is InChI=1S/C15H16ClNO3S2/c1-11-2-4-12(5-3-11)13-10-17(8-9-20-13)22(18,19)15-7-6-14(16)21-15/h2-7,13H,8-10H2,1H3. The third kappa shape index (κ3) is 3.21. The average Bonchev–Trinajstić information content (AvgIpc) is 2.95. The second-order valence-electron chi connectivity index (χ2n) is 5.19. The Labute approximate surface area is 139 Å². The molecule has 7 heteroatoms. The molecule has 1 fully saturated rings. The molecule has 0 radical (unpaired) electrons. The minimum atomic E-state index is -3.50. The molecule has 3 rings (SSSR count). The molecule has 0 bridgehead atoms. The van der Waals surface area contributed by atoms with Gasteiger partial charge in [0.15, 0.2) is 0 Å². The topological polar surface area (TPSA) is 46.6 Å². The predicted octanol–water partition coefficient (Wildman–Crippen LogP) is 3.47. The van der Waals surface area contributed by atoms with Gasteiger partial charge in [-0.2, -0.15) is 4.31 Å². The van der Waals surface area contributed by atoms with E-state index in [0.717, 1.165) is 22.5 Å². The Hall–Kier alpha value is -0.920. The number of sulfonamides is 1. The van der Waals surface area contributed by atoms with Gasteiger partial charge in [-0.3, -0.25) is 0 Å². The van der Waals surface area contributed by atoms with Crippen LogP contribution in [-0.2, 0) is 14.8 Å². The highest BCUT2D eigenvalue weighted by Crippen LogP contribution is 2.31. The zero-order chi connectivity index (χ0) is 15.7. The van der Waals surface area contributed by atoms with Gasteiger partial charge in [-0.05, 0) is 24.6 Å². The lowest BCUT2D eigenvalue weighted by atomic mass is 10.1.